The molecule has 2 rings (SSSR count). The van der Waals surface area contributed by atoms with Gasteiger partial charge in [0.2, 0.25) is 0 Å². The van der Waals surface area contributed by atoms with Crippen molar-refractivity contribution in [1.82, 2.24) is 9.78 Å². The third-order valence-corrected chi connectivity index (χ3v) is 3.29. The second-order valence-corrected chi connectivity index (χ2v) is 6.68. The first kappa shape index (κ1) is 20.0. The standard InChI is InChI=1S/C18H22N4O5/c1-18(2,3)27-17(25)20-13-10-11(6-8-14(13)26-5)19-16(24)12-7-9-15(23)22(4)21-12/h6-10H,1-5H3,(H,19,24)(H,20,25). The van der Waals surface area contributed by atoms with Gasteiger partial charge in [0.25, 0.3) is 11.5 Å². The van der Waals surface area contributed by atoms with Crippen molar-refractivity contribution in [2.45, 2.75) is 26.4 Å². The molecule has 0 saturated carbocycles. The predicted octanol–water partition coefficient (Wildman–Crippen LogP) is 2.39. The molecule has 1 heterocycles. The highest BCUT2D eigenvalue weighted by atomic mass is 16.6. The van der Waals surface area contributed by atoms with Crippen molar-refractivity contribution in [1.29, 1.82) is 0 Å². The van der Waals surface area contributed by atoms with Gasteiger partial charge in [0.1, 0.15) is 17.0 Å². The highest BCUT2D eigenvalue weighted by Gasteiger charge is 2.18. The summed E-state index contributed by atoms with van der Waals surface area (Å²) in [6.45, 7) is 5.25. The van der Waals surface area contributed by atoms with Gasteiger partial charge < -0.3 is 14.8 Å². The van der Waals surface area contributed by atoms with Gasteiger partial charge in [-0.15, -0.1) is 0 Å². The molecule has 0 spiro atoms. The number of carbonyl (C=O) groups is 2. The molecule has 1 aromatic carbocycles. The number of hydrogen-bond acceptors (Lipinski definition) is 6. The van der Waals surface area contributed by atoms with Crippen LogP contribution in [0.5, 0.6) is 5.75 Å². The first-order chi connectivity index (χ1) is 12.6. The van der Waals surface area contributed by atoms with Gasteiger partial charge in [0.15, 0.2) is 0 Å². The van der Waals surface area contributed by atoms with E-state index in [4.69, 9.17) is 9.47 Å². The van der Waals surface area contributed by atoms with Crippen molar-refractivity contribution >= 4 is 23.4 Å². The third kappa shape index (κ3) is 5.56. The van der Waals surface area contributed by atoms with Crippen LogP contribution in [0.2, 0.25) is 0 Å². The van der Waals surface area contributed by atoms with Gasteiger partial charge >= 0.3 is 6.09 Å². The fourth-order valence-electron chi connectivity index (χ4n) is 2.12. The summed E-state index contributed by atoms with van der Waals surface area (Å²) in [6.07, 6.45) is -0.649. The zero-order valence-corrected chi connectivity index (χ0v) is 15.8. The summed E-state index contributed by atoms with van der Waals surface area (Å²) in [7, 11) is 2.91. The molecule has 1 aromatic heterocycles. The van der Waals surface area contributed by atoms with E-state index in [0.29, 0.717) is 17.1 Å². The minimum absolute atomic E-state index is 0.0783. The van der Waals surface area contributed by atoms with Gasteiger partial charge in [-0.25, -0.2) is 9.48 Å². The van der Waals surface area contributed by atoms with E-state index in [2.05, 4.69) is 15.7 Å². The zero-order valence-electron chi connectivity index (χ0n) is 15.8. The average molecular weight is 374 g/mol. The lowest BCUT2D eigenvalue weighted by molar-refractivity contribution is 0.0635. The number of anilines is 2. The SMILES string of the molecule is COc1ccc(NC(=O)c2ccc(=O)n(C)n2)cc1NC(=O)OC(C)(C)C. The summed E-state index contributed by atoms with van der Waals surface area (Å²) < 4.78 is 11.5. The Morgan fingerprint density at radius 3 is 2.41 bits per heavy atom. The van der Waals surface area contributed by atoms with E-state index in [1.807, 2.05) is 0 Å². The smallest absolute Gasteiger partial charge is 0.412 e. The number of nitrogens with zero attached hydrogens (tertiary/aromatic N) is 2. The van der Waals surface area contributed by atoms with Gasteiger partial charge in [-0.1, -0.05) is 0 Å². The van der Waals surface area contributed by atoms with Crippen LogP contribution in [0.4, 0.5) is 16.2 Å². The monoisotopic (exact) mass is 374 g/mol. The summed E-state index contributed by atoms with van der Waals surface area (Å²) in [6, 6.07) is 7.32. The molecule has 0 unspecified atom stereocenters. The van der Waals surface area contributed by atoms with E-state index < -0.39 is 17.6 Å². The maximum Gasteiger partial charge on any atom is 0.412 e. The maximum atomic E-state index is 12.3. The Morgan fingerprint density at radius 2 is 1.81 bits per heavy atom. The first-order valence-corrected chi connectivity index (χ1v) is 8.13. The molecular formula is C18H22N4O5. The number of nitrogens with one attached hydrogen (secondary N) is 2. The number of methoxy groups -OCH3 is 1. The number of hydrogen-bond donors (Lipinski definition) is 2. The number of aryl methyl sites for hydroxylation is 1. The van der Waals surface area contributed by atoms with Crippen LogP contribution in [0.1, 0.15) is 31.3 Å². The van der Waals surface area contributed by atoms with Crippen LogP contribution >= 0.6 is 0 Å². The van der Waals surface area contributed by atoms with Gasteiger partial charge in [0.05, 0.1) is 12.8 Å². The topological polar surface area (TPSA) is 112 Å². The summed E-state index contributed by atoms with van der Waals surface area (Å²) >= 11 is 0. The normalized spacial score (nSPS) is 10.9. The van der Waals surface area contributed by atoms with E-state index >= 15 is 0 Å². The van der Waals surface area contributed by atoms with E-state index in [1.54, 1.807) is 32.9 Å². The highest BCUT2D eigenvalue weighted by Crippen LogP contribution is 2.28. The Balaban J connectivity index is 2.20. The van der Waals surface area contributed by atoms with Crippen LogP contribution in [-0.4, -0.2) is 34.5 Å². The van der Waals surface area contributed by atoms with Crippen molar-refractivity contribution in [2.24, 2.45) is 7.05 Å². The summed E-state index contributed by atoms with van der Waals surface area (Å²) in [5.41, 5.74) is -0.159. The third-order valence-electron chi connectivity index (χ3n) is 3.29. The van der Waals surface area contributed by atoms with Crippen LogP contribution in [-0.2, 0) is 11.8 Å². The molecule has 9 nitrogen and oxygen atoms in total. The summed E-state index contributed by atoms with van der Waals surface area (Å²) in [5.74, 6) is -0.0990. The van der Waals surface area contributed by atoms with Crippen LogP contribution < -0.4 is 20.9 Å². The Morgan fingerprint density at radius 1 is 1.11 bits per heavy atom. The molecule has 0 radical (unpaired) electrons. The largest absolute Gasteiger partial charge is 0.495 e. The van der Waals surface area contributed by atoms with Crippen LogP contribution in [0.25, 0.3) is 0 Å². The summed E-state index contributed by atoms with van der Waals surface area (Å²) in [5, 5.41) is 9.13. The van der Waals surface area contributed by atoms with Crippen molar-refractivity contribution in [3.8, 4) is 5.75 Å². The van der Waals surface area contributed by atoms with Crippen LogP contribution in [0.3, 0.4) is 0 Å². The molecule has 144 valence electrons. The molecule has 27 heavy (non-hydrogen) atoms. The lowest BCUT2D eigenvalue weighted by Crippen LogP contribution is -2.27. The number of ether oxygens (including phenoxy) is 2. The molecule has 2 amide bonds. The maximum absolute atomic E-state index is 12.3. The van der Waals surface area contributed by atoms with Gasteiger partial charge in [0, 0.05) is 18.8 Å². The average Bonchev–Trinajstić information content (AvgIpc) is 2.55. The lowest BCUT2D eigenvalue weighted by Gasteiger charge is -2.20. The number of carbonyl (C=O) groups excluding carboxylic acids is 2. The number of benzene rings is 1. The predicted molar refractivity (Wildman–Crippen MR) is 100 cm³/mol. The Hall–Kier alpha value is -3.36. The number of amides is 2. The number of rotatable bonds is 4. The zero-order chi connectivity index (χ0) is 20.2. The molecular weight excluding hydrogens is 352 g/mol. The molecule has 0 aliphatic rings. The van der Waals surface area contributed by atoms with E-state index in [0.717, 1.165) is 4.68 Å². The minimum Gasteiger partial charge on any atom is -0.495 e. The van der Waals surface area contributed by atoms with E-state index in [9.17, 15) is 14.4 Å². The quantitative estimate of drug-likeness (QED) is 0.850. The van der Waals surface area contributed by atoms with Crippen molar-refractivity contribution in [3.05, 3.63) is 46.4 Å². The van der Waals surface area contributed by atoms with Gasteiger partial charge in [-0.3, -0.25) is 14.9 Å². The molecule has 0 aliphatic heterocycles. The molecule has 2 aromatic rings. The molecule has 0 bridgehead atoms. The molecule has 0 saturated heterocycles. The minimum atomic E-state index is -0.655. The second-order valence-electron chi connectivity index (χ2n) is 6.68. The second kappa shape index (κ2) is 7.90. The van der Waals surface area contributed by atoms with Crippen molar-refractivity contribution in [2.75, 3.05) is 17.7 Å². The fourth-order valence-corrected chi connectivity index (χ4v) is 2.12. The molecule has 9 heteroatoms. The van der Waals surface area contributed by atoms with E-state index in [-0.39, 0.29) is 11.3 Å². The molecule has 0 fully saturated rings. The van der Waals surface area contributed by atoms with E-state index in [1.165, 1.54) is 32.4 Å². The molecule has 0 atom stereocenters. The van der Waals surface area contributed by atoms with Gasteiger partial charge in [-0.2, -0.15) is 5.10 Å². The number of aromatic nitrogens is 2. The summed E-state index contributed by atoms with van der Waals surface area (Å²) in [4.78, 5) is 35.7. The Bertz CT molecular complexity index is 915. The lowest BCUT2D eigenvalue weighted by atomic mass is 10.2. The highest BCUT2D eigenvalue weighted by molar-refractivity contribution is 6.03. The fraction of sp³-hybridized carbons (Fsp3) is 0.333. The van der Waals surface area contributed by atoms with Crippen LogP contribution in [0, 0.1) is 0 Å². The van der Waals surface area contributed by atoms with Crippen molar-refractivity contribution < 1.29 is 19.1 Å². The van der Waals surface area contributed by atoms with Crippen molar-refractivity contribution in [3.63, 3.8) is 0 Å². The van der Waals surface area contributed by atoms with Crippen LogP contribution in [0.15, 0.2) is 35.1 Å². The molecule has 2 N–H and O–H groups in total. The first-order valence-electron chi connectivity index (χ1n) is 8.13. The Kier molecular flexibility index (Phi) is 5.84. The molecule has 0 aliphatic carbocycles. The Labute approximate surface area is 156 Å². The van der Waals surface area contributed by atoms with Gasteiger partial charge in [-0.05, 0) is 45.0 Å².